The second kappa shape index (κ2) is 6.32. The van der Waals surface area contributed by atoms with Gasteiger partial charge in [0.1, 0.15) is 15.6 Å². The molecule has 112 valence electrons. The number of thiophene rings is 1. The molecule has 1 aromatic rings. The highest BCUT2D eigenvalue weighted by Crippen LogP contribution is 2.42. The zero-order valence-electron chi connectivity index (χ0n) is 12.1. The Balaban J connectivity index is 2.14. The Morgan fingerprint density at radius 1 is 1.60 bits per heavy atom. The van der Waals surface area contributed by atoms with Gasteiger partial charge < -0.3 is 25.4 Å². The number of nitrogens with two attached hydrogens (primary N) is 1. The van der Waals surface area contributed by atoms with E-state index < -0.39 is 0 Å². The van der Waals surface area contributed by atoms with Crippen molar-refractivity contribution in [2.75, 3.05) is 52.0 Å². The van der Waals surface area contributed by atoms with Crippen LogP contribution in [0.15, 0.2) is 0 Å². The van der Waals surface area contributed by atoms with Gasteiger partial charge in [0.2, 0.25) is 0 Å². The van der Waals surface area contributed by atoms with E-state index >= 15 is 0 Å². The number of ether oxygens (including phenoxy) is 2. The number of methoxy groups -OCH3 is 1. The van der Waals surface area contributed by atoms with Crippen molar-refractivity contribution in [1.29, 1.82) is 0 Å². The van der Waals surface area contributed by atoms with E-state index in [0.717, 1.165) is 31.2 Å². The molecule has 2 heterocycles. The quantitative estimate of drug-likeness (QED) is 0.861. The second-order valence-corrected chi connectivity index (χ2v) is 6.04. The van der Waals surface area contributed by atoms with E-state index in [2.05, 4.69) is 5.32 Å². The van der Waals surface area contributed by atoms with Crippen LogP contribution in [0.3, 0.4) is 0 Å². The number of hydrogen-bond acceptors (Lipinski definition) is 6. The van der Waals surface area contributed by atoms with Crippen LogP contribution in [-0.4, -0.2) is 51.8 Å². The van der Waals surface area contributed by atoms with Crippen LogP contribution in [0.5, 0.6) is 5.75 Å². The summed E-state index contributed by atoms with van der Waals surface area (Å²) < 4.78 is 10.7. The predicted molar refractivity (Wildman–Crippen MR) is 80.7 cm³/mol. The lowest BCUT2D eigenvalue weighted by molar-refractivity contribution is 0.0833. The third-order valence-electron chi connectivity index (χ3n) is 3.28. The Kier molecular flexibility index (Phi) is 4.72. The first-order valence-corrected chi connectivity index (χ1v) is 7.35. The fraction of sp³-hybridized carbons (Fsp3) is 0.615. The molecule has 20 heavy (non-hydrogen) atoms. The maximum Gasteiger partial charge on any atom is 0.265 e. The van der Waals surface area contributed by atoms with E-state index in [1.807, 2.05) is 0 Å². The molecule has 1 atom stereocenters. The smallest absolute Gasteiger partial charge is 0.265 e. The Labute approximate surface area is 122 Å². The summed E-state index contributed by atoms with van der Waals surface area (Å²) >= 11 is 1.34. The Morgan fingerprint density at radius 3 is 2.90 bits per heavy atom. The molecule has 0 aromatic carbocycles. The van der Waals surface area contributed by atoms with E-state index in [1.165, 1.54) is 16.2 Å². The SMILES string of the molecule is COc1c(NCC2CCOC2)sc(C(=O)N(C)C)c1N. The van der Waals surface area contributed by atoms with Crippen molar-refractivity contribution in [3.05, 3.63) is 4.88 Å². The zero-order chi connectivity index (χ0) is 14.7. The minimum absolute atomic E-state index is 0.108. The van der Waals surface area contributed by atoms with Gasteiger partial charge in [-0.2, -0.15) is 0 Å². The third kappa shape index (κ3) is 2.99. The van der Waals surface area contributed by atoms with Gasteiger partial charge >= 0.3 is 0 Å². The summed E-state index contributed by atoms with van der Waals surface area (Å²) in [6.45, 7) is 2.39. The summed E-state index contributed by atoms with van der Waals surface area (Å²) in [7, 11) is 4.97. The average molecular weight is 299 g/mol. The maximum absolute atomic E-state index is 12.1. The zero-order valence-corrected chi connectivity index (χ0v) is 12.9. The number of amides is 1. The number of carbonyl (C=O) groups is 1. The van der Waals surface area contributed by atoms with Gasteiger partial charge in [-0.3, -0.25) is 4.79 Å². The fourth-order valence-corrected chi connectivity index (χ4v) is 3.21. The van der Waals surface area contributed by atoms with Crippen LogP contribution in [-0.2, 0) is 4.74 Å². The maximum atomic E-state index is 12.1. The summed E-state index contributed by atoms with van der Waals surface area (Å²) in [6, 6.07) is 0. The van der Waals surface area contributed by atoms with Crippen LogP contribution in [0.25, 0.3) is 0 Å². The largest absolute Gasteiger partial charge is 0.492 e. The van der Waals surface area contributed by atoms with Gasteiger partial charge in [-0.1, -0.05) is 0 Å². The summed E-state index contributed by atoms with van der Waals surface area (Å²) in [5.41, 5.74) is 6.41. The normalized spacial score (nSPS) is 18.1. The van der Waals surface area contributed by atoms with Crippen molar-refractivity contribution >= 4 is 27.9 Å². The molecule has 2 rings (SSSR count). The fourth-order valence-electron chi connectivity index (χ4n) is 2.09. The molecule has 0 bridgehead atoms. The monoisotopic (exact) mass is 299 g/mol. The summed E-state index contributed by atoms with van der Waals surface area (Å²) in [5.74, 6) is 0.943. The molecule has 0 aliphatic carbocycles. The minimum Gasteiger partial charge on any atom is -0.492 e. The number of nitrogen functional groups attached to an aromatic ring is 1. The van der Waals surface area contributed by atoms with E-state index in [1.54, 1.807) is 21.2 Å². The molecule has 0 radical (unpaired) electrons. The second-order valence-electron chi connectivity index (χ2n) is 5.02. The van der Waals surface area contributed by atoms with Crippen LogP contribution >= 0.6 is 11.3 Å². The number of rotatable bonds is 5. The van der Waals surface area contributed by atoms with Crippen LogP contribution in [0.4, 0.5) is 10.7 Å². The molecule has 0 saturated carbocycles. The molecular formula is C13H21N3O3S. The van der Waals surface area contributed by atoms with E-state index in [9.17, 15) is 4.79 Å². The Morgan fingerprint density at radius 2 is 2.35 bits per heavy atom. The van der Waals surface area contributed by atoms with Gasteiger partial charge in [-0.05, 0) is 6.42 Å². The molecule has 1 unspecified atom stereocenters. The van der Waals surface area contributed by atoms with E-state index in [4.69, 9.17) is 15.2 Å². The highest BCUT2D eigenvalue weighted by molar-refractivity contribution is 7.19. The highest BCUT2D eigenvalue weighted by Gasteiger charge is 2.24. The Bertz CT molecular complexity index is 481. The van der Waals surface area contributed by atoms with Crippen molar-refractivity contribution in [1.82, 2.24) is 4.90 Å². The molecule has 1 aromatic heterocycles. The van der Waals surface area contributed by atoms with Gasteiger partial charge in [0.05, 0.1) is 13.7 Å². The standard InChI is InChI=1S/C13H21N3O3S/c1-16(2)13(17)11-9(14)10(18-3)12(20-11)15-6-8-4-5-19-7-8/h8,15H,4-7,14H2,1-3H3. The van der Waals surface area contributed by atoms with Crippen molar-refractivity contribution < 1.29 is 14.3 Å². The molecule has 1 amide bonds. The first kappa shape index (κ1) is 14.9. The van der Waals surface area contributed by atoms with Crippen molar-refractivity contribution in [2.24, 2.45) is 5.92 Å². The molecule has 6 nitrogen and oxygen atoms in total. The number of nitrogens with zero attached hydrogens (tertiary/aromatic N) is 1. The lowest BCUT2D eigenvalue weighted by Gasteiger charge is -2.10. The van der Waals surface area contributed by atoms with Crippen molar-refractivity contribution in [3.8, 4) is 5.75 Å². The van der Waals surface area contributed by atoms with Crippen LogP contribution in [0.1, 0.15) is 16.1 Å². The van der Waals surface area contributed by atoms with Gasteiger partial charge in [0, 0.05) is 33.2 Å². The Hall–Kier alpha value is -1.47. The number of carbonyl (C=O) groups excluding carboxylic acids is 1. The van der Waals surface area contributed by atoms with Gasteiger partial charge in [-0.25, -0.2) is 0 Å². The van der Waals surface area contributed by atoms with Crippen molar-refractivity contribution in [2.45, 2.75) is 6.42 Å². The predicted octanol–water partition coefficient (Wildman–Crippen LogP) is 1.49. The number of anilines is 2. The average Bonchev–Trinajstić information content (AvgIpc) is 3.03. The summed E-state index contributed by atoms with van der Waals surface area (Å²) in [4.78, 5) is 14.1. The van der Waals surface area contributed by atoms with Gasteiger partial charge in [0.25, 0.3) is 5.91 Å². The highest BCUT2D eigenvalue weighted by atomic mass is 32.1. The first-order valence-electron chi connectivity index (χ1n) is 6.54. The molecule has 0 spiro atoms. The van der Waals surface area contributed by atoms with E-state index in [0.29, 0.717) is 22.2 Å². The molecular weight excluding hydrogens is 278 g/mol. The molecule has 1 aliphatic heterocycles. The molecule has 1 saturated heterocycles. The summed E-state index contributed by atoms with van der Waals surface area (Å²) in [6.07, 6.45) is 1.06. The van der Waals surface area contributed by atoms with Gasteiger partial charge in [0.15, 0.2) is 5.75 Å². The number of hydrogen-bond donors (Lipinski definition) is 2. The van der Waals surface area contributed by atoms with E-state index in [-0.39, 0.29) is 5.91 Å². The number of nitrogens with one attached hydrogen (secondary N) is 1. The minimum atomic E-state index is -0.108. The molecule has 7 heteroatoms. The first-order chi connectivity index (χ1) is 9.54. The topological polar surface area (TPSA) is 76.8 Å². The van der Waals surface area contributed by atoms with Crippen LogP contribution < -0.4 is 15.8 Å². The molecule has 3 N–H and O–H groups in total. The molecule has 1 fully saturated rings. The third-order valence-corrected chi connectivity index (χ3v) is 4.41. The van der Waals surface area contributed by atoms with Crippen molar-refractivity contribution in [3.63, 3.8) is 0 Å². The lowest BCUT2D eigenvalue weighted by Crippen LogP contribution is -2.21. The van der Waals surface area contributed by atoms with Crippen LogP contribution in [0, 0.1) is 5.92 Å². The molecule has 1 aliphatic rings. The van der Waals surface area contributed by atoms with Crippen LogP contribution in [0.2, 0.25) is 0 Å². The summed E-state index contributed by atoms with van der Waals surface area (Å²) in [5, 5.41) is 4.13. The van der Waals surface area contributed by atoms with Gasteiger partial charge in [-0.15, -0.1) is 11.3 Å². The lowest BCUT2D eigenvalue weighted by atomic mass is 10.1.